The van der Waals surface area contributed by atoms with Gasteiger partial charge in [-0.3, -0.25) is 4.79 Å². The molecule has 6 nitrogen and oxygen atoms in total. The van der Waals surface area contributed by atoms with Gasteiger partial charge in [0.05, 0.1) is 17.4 Å². The second-order valence-corrected chi connectivity index (χ2v) is 10.7. The molecule has 0 heterocycles. The fourth-order valence-corrected chi connectivity index (χ4v) is 4.80. The van der Waals surface area contributed by atoms with Gasteiger partial charge in [-0.05, 0) is 35.1 Å². The van der Waals surface area contributed by atoms with Gasteiger partial charge in [0.25, 0.3) is 0 Å². The summed E-state index contributed by atoms with van der Waals surface area (Å²) in [5.41, 5.74) is 9.09. The molecule has 1 atom stereocenters. The maximum atomic E-state index is 12.6. The Kier molecular flexibility index (Phi) is 7.14. The molecule has 164 valence electrons. The van der Waals surface area contributed by atoms with E-state index in [1.165, 1.54) is 6.26 Å². The van der Waals surface area contributed by atoms with Gasteiger partial charge >= 0.3 is 0 Å². The molecule has 0 aromatic heterocycles. The number of amides is 1. The first-order chi connectivity index (χ1) is 14.7. The van der Waals surface area contributed by atoms with E-state index < -0.39 is 21.4 Å². The lowest BCUT2D eigenvalue weighted by atomic mass is 9.81. The Hall–Kier alpha value is -2.69. The first-order valence-corrected chi connectivity index (χ1v) is 12.6. The minimum absolute atomic E-state index is 0.0254. The van der Waals surface area contributed by atoms with E-state index in [4.69, 9.17) is 5.73 Å². The molecule has 0 aliphatic heterocycles. The maximum absolute atomic E-state index is 12.6. The smallest absolute Gasteiger partial charge is 0.241 e. The number of hydrogen-bond acceptors (Lipinski definition) is 5. The molecular formula is C24H29N3O3S. The molecule has 3 N–H and O–H groups in total. The summed E-state index contributed by atoms with van der Waals surface area (Å²) in [5, 5.41) is 12.3. The number of carbonyl (C=O) groups is 1. The van der Waals surface area contributed by atoms with Gasteiger partial charge in [0.1, 0.15) is 6.04 Å². The number of hydrogen-bond donors (Lipinski definition) is 2. The molecule has 1 saturated carbocycles. The highest BCUT2D eigenvalue weighted by atomic mass is 32.2. The number of benzene rings is 2. The van der Waals surface area contributed by atoms with Gasteiger partial charge in [-0.1, -0.05) is 67.8 Å². The number of nitrogens with two attached hydrogens (primary N) is 1. The van der Waals surface area contributed by atoms with Gasteiger partial charge in [-0.15, -0.1) is 0 Å². The summed E-state index contributed by atoms with van der Waals surface area (Å²) in [4.78, 5) is 12.6. The first kappa shape index (κ1) is 23.0. The van der Waals surface area contributed by atoms with Gasteiger partial charge < -0.3 is 11.1 Å². The van der Waals surface area contributed by atoms with E-state index in [1.54, 1.807) is 0 Å². The Bertz CT molecular complexity index is 1050. The fraction of sp³-hybridized carbons (Fsp3) is 0.417. The van der Waals surface area contributed by atoms with Gasteiger partial charge in [0.15, 0.2) is 9.84 Å². The zero-order valence-corrected chi connectivity index (χ0v) is 18.6. The van der Waals surface area contributed by atoms with E-state index in [9.17, 15) is 18.5 Å². The Balaban J connectivity index is 1.62. The van der Waals surface area contributed by atoms with Crippen molar-refractivity contribution in [3.8, 4) is 17.2 Å². The minimum Gasteiger partial charge on any atom is -0.338 e. The van der Waals surface area contributed by atoms with Gasteiger partial charge in [-0.2, -0.15) is 5.26 Å². The van der Waals surface area contributed by atoms with E-state index in [-0.39, 0.29) is 11.7 Å². The van der Waals surface area contributed by atoms with Crippen molar-refractivity contribution in [3.05, 3.63) is 59.7 Å². The molecule has 1 aliphatic rings. The van der Waals surface area contributed by atoms with Crippen LogP contribution in [-0.2, 0) is 26.8 Å². The molecule has 0 saturated heterocycles. The van der Waals surface area contributed by atoms with Crippen LogP contribution in [0.3, 0.4) is 0 Å². The third-order valence-corrected chi connectivity index (χ3v) is 6.63. The van der Waals surface area contributed by atoms with Gasteiger partial charge in [0.2, 0.25) is 5.91 Å². The van der Waals surface area contributed by atoms with Crippen LogP contribution in [0.2, 0.25) is 0 Å². The fourth-order valence-electron chi connectivity index (χ4n) is 4.01. The second-order valence-electron chi connectivity index (χ2n) is 8.54. The van der Waals surface area contributed by atoms with Crippen molar-refractivity contribution in [1.82, 2.24) is 5.32 Å². The average Bonchev–Trinajstić information content (AvgIpc) is 2.74. The highest BCUT2D eigenvalue weighted by Crippen LogP contribution is 2.26. The van der Waals surface area contributed by atoms with Crippen LogP contribution in [0.4, 0.5) is 0 Å². The van der Waals surface area contributed by atoms with E-state index in [2.05, 4.69) is 11.4 Å². The number of rotatable bonds is 7. The summed E-state index contributed by atoms with van der Waals surface area (Å²) in [6, 6.07) is 16.8. The third-order valence-electron chi connectivity index (χ3n) is 5.77. The van der Waals surface area contributed by atoms with E-state index >= 15 is 0 Å². The molecule has 2 aromatic rings. The SMILES string of the molecule is CS(=O)(=O)Cc1ccc(-c2ccc(C[C@@H](C#N)NC(=O)C3(N)CCCCC3)cc2)cc1. The van der Waals surface area contributed by atoms with Crippen molar-refractivity contribution in [2.24, 2.45) is 5.73 Å². The van der Waals surface area contributed by atoms with Crippen LogP contribution in [0, 0.1) is 11.3 Å². The summed E-state index contributed by atoms with van der Waals surface area (Å²) in [6.45, 7) is 0. The average molecular weight is 440 g/mol. The lowest BCUT2D eigenvalue weighted by Gasteiger charge is -2.32. The predicted molar refractivity (Wildman–Crippen MR) is 122 cm³/mol. The molecule has 3 rings (SSSR count). The Morgan fingerprint density at radius 3 is 2.03 bits per heavy atom. The van der Waals surface area contributed by atoms with Crippen molar-refractivity contribution in [3.63, 3.8) is 0 Å². The van der Waals surface area contributed by atoms with Crippen LogP contribution in [0.5, 0.6) is 0 Å². The van der Waals surface area contributed by atoms with E-state index in [1.807, 2.05) is 48.5 Å². The van der Waals surface area contributed by atoms with Crippen molar-refractivity contribution in [2.75, 3.05) is 6.26 Å². The summed E-state index contributed by atoms with van der Waals surface area (Å²) in [7, 11) is -3.06. The monoisotopic (exact) mass is 439 g/mol. The normalized spacial score (nSPS) is 16.8. The van der Waals surface area contributed by atoms with Crippen molar-refractivity contribution < 1.29 is 13.2 Å². The van der Waals surface area contributed by atoms with Gasteiger partial charge in [0, 0.05) is 12.7 Å². The van der Waals surface area contributed by atoms with Crippen LogP contribution in [0.1, 0.15) is 43.2 Å². The Morgan fingerprint density at radius 1 is 1.03 bits per heavy atom. The quantitative estimate of drug-likeness (QED) is 0.688. The van der Waals surface area contributed by atoms with E-state index in [0.717, 1.165) is 41.5 Å². The number of nitrogens with one attached hydrogen (secondary N) is 1. The molecule has 0 spiro atoms. The molecule has 0 radical (unpaired) electrons. The van der Waals surface area contributed by atoms with Crippen molar-refractivity contribution in [2.45, 2.75) is 55.9 Å². The Morgan fingerprint density at radius 2 is 1.55 bits per heavy atom. The lowest BCUT2D eigenvalue weighted by molar-refractivity contribution is -0.127. The summed E-state index contributed by atoms with van der Waals surface area (Å²) < 4.78 is 22.8. The maximum Gasteiger partial charge on any atom is 0.241 e. The minimum atomic E-state index is -3.06. The Labute approximate surface area is 184 Å². The zero-order chi connectivity index (χ0) is 22.5. The summed E-state index contributed by atoms with van der Waals surface area (Å²) >= 11 is 0. The molecule has 1 amide bonds. The summed E-state index contributed by atoms with van der Waals surface area (Å²) in [6.07, 6.45) is 5.94. The molecule has 31 heavy (non-hydrogen) atoms. The third kappa shape index (κ3) is 6.39. The molecule has 1 aliphatic carbocycles. The highest BCUT2D eigenvalue weighted by molar-refractivity contribution is 7.89. The topological polar surface area (TPSA) is 113 Å². The highest BCUT2D eigenvalue weighted by Gasteiger charge is 2.36. The van der Waals surface area contributed by atoms with E-state index in [0.29, 0.717) is 19.3 Å². The molecular weight excluding hydrogens is 410 g/mol. The van der Waals surface area contributed by atoms with Gasteiger partial charge in [-0.25, -0.2) is 8.42 Å². The standard InChI is InChI=1S/C24H29N3O3S/c1-31(29,30)17-19-7-11-21(12-8-19)20-9-5-18(6-10-20)15-22(16-25)27-23(28)24(26)13-3-2-4-14-24/h5-12,22H,2-4,13-15,17,26H2,1H3,(H,27,28)/t22-/m0/s1. The first-order valence-electron chi connectivity index (χ1n) is 10.5. The van der Waals surface area contributed by atoms with Crippen LogP contribution in [-0.4, -0.2) is 32.2 Å². The molecule has 0 bridgehead atoms. The predicted octanol–water partition coefficient (Wildman–Crippen LogP) is 3.11. The molecule has 0 unspecified atom stereocenters. The largest absolute Gasteiger partial charge is 0.338 e. The second kappa shape index (κ2) is 9.63. The zero-order valence-electron chi connectivity index (χ0n) is 17.8. The summed E-state index contributed by atoms with van der Waals surface area (Å²) in [5.74, 6) is -0.207. The molecule has 7 heteroatoms. The van der Waals surface area contributed by atoms with Crippen LogP contribution < -0.4 is 11.1 Å². The number of carbonyl (C=O) groups excluding carboxylic acids is 1. The molecule has 1 fully saturated rings. The van der Waals surface area contributed by atoms with Crippen LogP contribution in [0.25, 0.3) is 11.1 Å². The number of nitriles is 1. The molecule has 2 aromatic carbocycles. The number of nitrogens with zero attached hydrogens (tertiary/aromatic N) is 1. The number of sulfone groups is 1. The van der Waals surface area contributed by atoms with Crippen LogP contribution >= 0.6 is 0 Å². The van der Waals surface area contributed by atoms with Crippen molar-refractivity contribution >= 4 is 15.7 Å². The lowest BCUT2D eigenvalue weighted by Crippen LogP contribution is -2.57. The van der Waals surface area contributed by atoms with Crippen molar-refractivity contribution in [1.29, 1.82) is 5.26 Å². The van der Waals surface area contributed by atoms with Crippen LogP contribution in [0.15, 0.2) is 48.5 Å².